The van der Waals surface area contributed by atoms with Crippen LogP contribution >= 0.6 is 11.6 Å². The van der Waals surface area contributed by atoms with E-state index in [1.165, 1.54) is 0 Å². The molecule has 0 aliphatic carbocycles. The summed E-state index contributed by atoms with van der Waals surface area (Å²) in [7, 11) is 0. The van der Waals surface area contributed by atoms with Gasteiger partial charge < -0.3 is 9.73 Å². The van der Waals surface area contributed by atoms with Gasteiger partial charge >= 0.3 is 5.63 Å². The Hall–Kier alpha value is -2.08. The van der Waals surface area contributed by atoms with Crippen molar-refractivity contribution < 1.29 is 9.21 Å². The number of rotatable bonds is 8. The van der Waals surface area contributed by atoms with Crippen molar-refractivity contribution in [1.82, 2.24) is 15.1 Å². The SMILES string of the molecule is CCCC(C)c1cc(C)c(C(=O)NCCCn2cc(Cl)cn2)c(=O)o1. The summed E-state index contributed by atoms with van der Waals surface area (Å²) in [6.45, 7) is 6.93. The number of halogens is 1. The van der Waals surface area contributed by atoms with E-state index in [1.807, 2.05) is 6.92 Å². The number of hydrogen-bond donors (Lipinski definition) is 1. The molecule has 2 heterocycles. The second kappa shape index (κ2) is 8.85. The zero-order chi connectivity index (χ0) is 18.4. The van der Waals surface area contributed by atoms with Crippen molar-refractivity contribution in [3.63, 3.8) is 0 Å². The van der Waals surface area contributed by atoms with Gasteiger partial charge in [-0.05, 0) is 31.4 Å². The topological polar surface area (TPSA) is 77.1 Å². The summed E-state index contributed by atoms with van der Waals surface area (Å²) in [5.74, 6) is 0.394. The van der Waals surface area contributed by atoms with Crippen molar-refractivity contribution in [2.45, 2.75) is 52.5 Å². The molecular weight excluding hydrogens is 342 g/mol. The molecule has 7 heteroatoms. The van der Waals surface area contributed by atoms with Crippen LogP contribution in [0, 0.1) is 6.92 Å². The number of aryl methyl sites for hydroxylation is 2. The van der Waals surface area contributed by atoms with Crippen LogP contribution in [0.15, 0.2) is 27.7 Å². The van der Waals surface area contributed by atoms with Crippen LogP contribution in [0.5, 0.6) is 0 Å². The molecule has 0 bridgehead atoms. The molecule has 0 aliphatic heterocycles. The number of nitrogens with zero attached hydrogens (tertiary/aromatic N) is 2. The molecule has 0 radical (unpaired) electrons. The monoisotopic (exact) mass is 365 g/mol. The number of nitrogens with one attached hydrogen (secondary N) is 1. The molecule has 0 fully saturated rings. The second-order valence-corrected chi connectivity index (χ2v) is 6.65. The molecule has 6 nitrogen and oxygen atoms in total. The lowest BCUT2D eigenvalue weighted by Crippen LogP contribution is -2.31. The maximum absolute atomic E-state index is 12.3. The predicted molar refractivity (Wildman–Crippen MR) is 97.2 cm³/mol. The summed E-state index contributed by atoms with van der Waals surface area (Å²) in [6.07, 6.45) is 5.91. The fourth-order valence-electron chi connectivity index (χ4n) is 2.72. The Bertz CT molecular complexity index is 782. The normalized spacial score (nSPS) is 12.2. The number of carbonyl (C=O) groups is 1. The summed E-state index contributed by atoms with van der Waals surface area (Å²) >= 11 is 5.79. The van der Waals surface area contributed by atoms with Gasteiger partial charge in [0.15, 0.2) is 0 Å². The van der Waals surface area contributed by atoms with Crippen molar-refractivity contribution in [3.8, 4) is 0 Å². The van der Waals surface area contributed by atoms with Gasteiger partial charge in [-0.25, -0.2) is 4.79 Å². The average Bonchev–Trinajstić information content (AvgIpc) is 2.96. The number of amides is 1. The summed E-state index contributed by atoms with van der Waals surface area (Å²) < 4.78 is 7.06. The standard InChI is InChI=1S/C18H24ClN3O3/c1-4-6-12(2)15-9-13(3)16(18(24)25-15)17(23)20-7-5-8-22-11-14(19)10-21-22/h9-12H,4-8H2,1-3H3,(H,20,23). The molecule has 2 aromatic rings. The molecule has 0 aromatic carbocycles. The first-order valence-electron chi connectivity index (χ1n) is 8.53. The van der Waals surface area contributed by atoms with Gasteiger partial charge in [0.05, 0.1) is 11.2 Å². The molecule has 2 aromatic heterocycles. The second-order valence-electron chi connectivity index (χ2n) is 6.22. The van der Waals surface area contributed by atoms with Gasteiger partial charge in [0.2, 0.25) is 0 Å². The van der Waals surface area contributed by atoms with Crippen LogP contribution in [0.2, 0.25) is 5.02 Å². The van der Waals surface area contributed by atoms with E-state index in [-0.39, 0.29) is 11.5 Å². The number of carbonyl (C=O) groups excluding carboxylic acids is 1. The van der Waals surface area contributed by atoms with Gasteiger partial charge in [0.25, 0.3) is 5.91 Å². The summed E-state index contributed by atoms with van der Waals surface area (Å²) in [5, 5.41) is 7.40. The van der Waals surface area contributed by atoms with E-state index in [9.17, 15) is 9.59 Å². The first kappa shape index (κ1) is 19.2. The van der Waals surface area contributed by atoms with Crippen molar-refractivity contribution in [2.75, 3.05) is 6.54 Å². The van der Waals surface area contributed by atoms with Gasteiger partial charge in [-0.15, -0.1) is 0 Å². The van der Waals surface area contributed by atoms with Crippen LogP contribution in [0.25, 0.3) is 0 Å². The van der Waals surface area contributed by atoms with Crippen molar-refractivity contribution >= 4 is 17.5 Å². The largest absolute Gasteiger partial charge is 0.427 e. The summed E-state index contributed by atoms with van der Waals surface area (Å²) in [4.78, 5) is 24.5. The van der Waals surface area contributed by atoms with Gasteiger partial charge in [0, 0.05) is 25.2 Å². The molecule has 25 heavy (non-hydrogen) atoms. The van der Waals surface area contributed by atoms with Gasteiger partial charge in [-0.1, -0.05) is 31.9 Å². The smallest absolute Gasteiger partial charge is 0.349 e. The molecule has 0 saturated heterocycles. The fourth-order valence-corrected chi connectivity index (χ4v) is 2.87. The zero-order valence-corrected chi connectivity index (χ0v) is 15.6. The predicted octanol–water partition coefficient (Wildman–Crippen LogP) is 3.52. The Morgan fingerprint density at radius 3 is 2.84 bits per heavy atom. The van der Waals surface area contributed by atoms with Crippen molar-refractivity contribution in [1.29, 1.82) is 0 Å². The van der Waals surface area contributed by atoms with Gasteiger partial charge in [-0.3, -0.25) is 9.48 Å². The number of aromatic nitrogens is 2. The van der Waals surface area contributed by atoms with E-state index >= 15 is 0 Å². The Kier molecular flexibility index (Phi) is 6.82. The third kappa shape index (κ3) is 5.19. The van der Waals surface area contributed by atoms with Crippen LogP contribution in [0.1, 0.15) is 60.7 Å². The van der Waals surface area contributed by atoms with Crippen molar-refractivity contribution in [3.05, 3.63) is 50.8 Å². The third-order valence-electron chi connectivity index (χ3n) is 4.05. The highest BCUT2D eigenvalue weighted by Crippen LogP contribution is 2.21. The molecule has 2 rings (SSSR count). The first-order chi connectivity index (χ1) is 11.9. The minimum absolute atomic E-state index is 0.0783. The van der Waals surface area contributed by atoms with E-state index in [0.717, 1.165) is 12.8 Å². The van der Waals surface area contributed by atoms with E-state index in [4.69, 9.17) is 16.0 Å². The fraction of sp³-hybridized carbons (Fsp3) is 0.500. The molecule has 0 aliphatic rings. The Balaban J connectivity index is 1.95. The highest BCUT2D eigenvalue weighted by molar-refractivity contribution is 6.30. The quantitative estimate of drug-likeness (QED) is 0.726. The van der Waals surface area contributed by atoms with Crippen LogP contribution in [0.4, 0.5) is 0 Å². The average molecular weight is 366 g/mol. The summed E-state index contributed by atoms with van der Waals surface area (Å²) in [5.41, 5.74) is 0.148. The molecular formula is C18H24ClN3O3. The van der Waals surface area contributed by atoms with E-state index in [1.54, 1.807) is 30.1 Å². The van der Waals surface area contributed by atoms with Gasteiger partial charge in [0.1, 0.15) is 11.3 Å². The molecule has 1 unspecified atom stereocenters. The molecule has 1 amide bonds. The molecule has 136 valence electrons. The van der Waals surface area contributed by atoms with Crippen LogP contribution in [-0.2, 0) is 6.54 Å². The lowest BCUT2D eigenvalue weighted by atomic mass is 10.0. The molecule has 0 saturated carbocycles. The van der Waals surface area contributed by atoms with E-state index in [2.05, 4.69) is 17.3 Å². The Morgan fingerprint density at radius 2 is 2.24 bits per heavy atom. The summed E-state index contributed by atoms with van der Waals surface area (Å²) in [6, 6.07) is 1.79. The van der Waals surface area contributed by atoms with E-state index < -0.39 is 11.5 Å². The highest BCUT2D eigenvalue weighted by Gasteiger charge is 2.18. The van der Waals surface area contributed by atoms with Gasteiger partial charge in [-0.2, -0.15) is 5.10 Å². The minimum atomic E-state index is -0.575. The maximum atomic E-state index is 12.3. The first-order valence-corrected chi connectivity index (χ1v) is 8.91. The molecule has 0 spiro atoms. The van der Waals surface area contributed by atoms with Crippen LogP contribution in [-0.4, -0.2) is 22.2 Å². The third-order valence-corrected chi connectivity index (χ3v) is 4.25. The van der Waals surface area contributed by atoms with Crippen LogP contribution < -0.4 is 10.9 Å². The Morgan fingerprint density at radius 1 is 1.48 bits per heavy atom. The number of hydrogen-bond acceptors (Lipinski definition) is 4. The van der Waals surface area contributed by atoms with Crippen LogP contribution in [0.3, 0.4) is 0 Å². The molecule has 1 N–H and O–H groups in total. The van der Waals surface area contributed by atoms with E-state index in [0.29, 0.717) is 35.9 Å². The highest BCUT2D eigenvalue weighted by atomic mass is 35.5. The minimum Gasteiger partial charge on any atom is -0.427 e. The zero-order valence-electron chi connectivity index (χ0n) is 14.8. The Labute approximate surface area is 152 Å². The lowest BCUT2D eigenvalue weighted by Gasteiger charge is -2.12. The maximum Gasteiger partial charge on any atom is 0.349 e. The molecule has 1 atom stereocenters. The van der Waals surface area contributed by atoms with Crippen molar-refractivity contribution in [2.24, 2.45) is 0 Å². The lowest BCUT2D eigenvalue weighted by molar-refractivity contribution is 0.0947.